The number of hydrogen-bond acceptors (Lipinski definition) is 4. The molecular weight excluding hydrogens is 272 g/mol. The lowest BCUT2D eigenvalue weighted by molar-refractivity contribution is 0.0696. The Bertz CT molecular complexity index is 695. The molecule has 2 aromatic rings. The molecule has 108 valence electrons. The van der Waals surface area contributed by atoms with E-state index in [1.54, 1.807) is 26.0 Å². The predicted molar refractivity (Wildman–Crippen MR) is 75.9 cm³/mol. The zero-order valence-corrected chi connectivity index (χ0v) is 11.6. The van der Waals surface area contributed by atoms with Crippen LogP contribution in [0.1, 0.15) is 31.8 Å². The topological polar surface area (TPSA) is 83.8 Å². The van der Waals surface area contributed by atoms with Gasteiger partial charge in [0.1, 0.15) is 17.1 Å². The van der Waals surface area contributed by atoms with Gasteiger partial charge in [-0.3, -0.25) is 0 Å². The number of carboxylic acids is 1. The van der Waals surface area contributed by atoms with Gasteiger partial charge in [0.05, 0.1) is 5.56 Å². The number of rotatable bonds is 3. The lowest BCUT2D eigenvalue weighted by atomic mass is 10.1. The molecule has 0 amide bonds. The molecule has 0 spiro atoms. The Labute approximate surface area is 121 Å². The van der Waals surface area contributed by atoms with Gasteiger partial charge in [-0.25, -0.2) is 9.59 Å². The van der Waals surface area contributed by atoms with E-state index in [1.807, 2.05) is 0 Å². The van der Waals surface area contributed by atoms with Gasteiger partial charge in [-0.05, 0) is 49.2 Å². The van der Waals surface area contributed by atoms with Gasteiger partial charge in [0.25, 0.3) is 0 Å². The fraction of sp³-hybridized carbons (Fsp3) is 0.125. The number of carbonyl (C=O) groups excluding carboxylic acids is 1. The largest absolute Gasteiger partial charge is 0.507 e. The summed E-state index contributed by atoms with van der Waals surface area (Å²) in [6.07, 6.45) is 0. The first kappa shape index (κ1) is 14.6. The van der Waals surface area contributed by atoms with Crippen molar-refractivity contribution in [2.75, 3.05) is 0 Å². The second-order valence-corrected chi connectivity index (χ2v) is 4.65. The van der Waals surface area contributed by atoms with E-state index in [4.69, 9.17) is 9.84 Å². The highest BCUT2D eigenvalue weighted by Crippen LogP contribution is 2.27. The first-order valence-corrected chi connectivity index (χ1v) is 6.25. The second kappa shape index (κ2) is 5.66. The standard InChI is InChI=1S/C16H14O5/c1-9-7-11(15(18)19)8-10(2)14(9)21-16(20)12-5-3-4-6-13(12)17/h3-8,17H,1-2H3,(H,18,19). The predicted octanol–water partition coefficient (Wildman–Crippen LogP) is 2.93. The number of benzene rings is 2. The van der Waals surface area contributed by atoms with Gasteiger partial charge >= 0.3 is 11.9 Å². The van der Waals surface area contributed by atoms with E-state index in [9.17, 15) is 14.7 Å². The molecule has 0 radical (unpaired) electrons. The molecule has 21 heavy (non-hydrogen) atoms. The first-order chi connectivity index (χ1) is 9.90. The van der Waals surface area contributed by atoms with Crippen LogP contribution in [0.3, 0.4) is 0 Å². The van der Waals surface area contributed by atoms with Crippen LogP contribution < -0.4 is 4.74 Å². The number of para-hydroxylation sites is 1. The Morgan fingerprint density at radius 2 is 1.62 bits per heavy atom. The molecular formula is C16H14O5. The summed E-state index contributed by atoms with van der Waals surface area (Å²) < 4.78 is 5.29. The highest BCUT2D eigenvalue weighted by Gasteiger charge is 2.17. The summed E-state index contributed by atoms with van der Waals surface area (Å²) in [6.45, 7) is 3.32. The lowest BCUT2D eigenvalue weighted by Gasteiger charge is -2.12. The van der Waals surface area contributed by atoms with Crippen LogP contribution in [0.5, 0.6) is 11.5 Å². The van der Waals surface area contributed by atoms with Crippen molar-refractivity contribution in [2.45, 2.75) is 13.8 Å². The van der Waals surface area contributed by atoms with Gasteiger partial charge in [-0.1, -0.05) is 12.1 Å². The summed E-state index contributed by atoms with van der Waals surface area (Å²) in [7, 11) is 0. The number of phenols is 1. The summed E-state index contributed by atoms with van der Waals surface area (Å²) >= 11 is 0. The number of carboxylic acid groups (broad SMARTS) is 1. The van der Waals surface area contributed by atoms with E-state index in [2.05, 4.69) is 0 Å². The third kappa shape index (κ3) is 3.02. The van der Waals surface area contributed by atoms with Crippen molar-refractivity contribution >= 4 is 11.9 Å². The maximum absolute atomic E-state index is 12.1. The maximum Gasteiger partial charge on any atom is 0.347 e. The smallest absolute Gasteiger partial charge is 0.347 e. The zero-order valence-electron chi connectivity index (χ0n) is 11.6. The number of ether oxygens (including phenoxy) is 1. The van der Waals surface area contributed by atoms with Crippen molar-refractivity contribution < 1.29 is 24.5 Å². The molecule has 0 bridgehead atoms. The van der Waals surface area contributed by atoms with E-state index < -0.39 is 11.9 Å². The SMILES string of the molecule is Cc1cc(C(=O)O)cc(C)c1OC(=O)c1ccccc1O. The molecule has 0 saturated heterocycles. The van der Waals surface area contributed by atoms with Crippen LogP contribution in [0.2, 0.25) is 0 Å². The number of esters is 1. The summed E-state index contributed by atoms with van der Waals surface area (Å²) in [6, 6.07) is 8.93. The van der Waals surface area contributed by atoms with E-state index >= 15 is 0 Å². The molecule has 0 aliphatic rings. The van der Waals surface area contributed by atoms with Gasteiger partial charge in [0.2, 0.25) is 0 Å². The number of carbonyl (C=O) groups is 2. The van der Waals surface area contributed by atoms with Gasteiger partial charge in [0.15, 0.2) is 0 Å². The molecule has 0 saturated carbocycles. The molecule has 5 nitrogen and oxygen atoms in total. The van der Waals surface area contributed by atoms with Crippen LogP contribution in [-0.4, -0.2) is 22.2 Å². The Morgan fingerprint density at radius 1 is 1.05 bits per heavy atom. The average molecular weight is 286 g/mol. The Hall–Kier alpha value is -2.82. The summed E-state index contributed by atoms with van der Waals surface area (Å²) in [5, 5.41) is 18.6. The van der Waals surface area contributed by atoms with Crippen molar-refractivity contribution in [1.82, 2.24) is 0 Å². The molecule has 0 fully saturated rings. The normalized spacial score (nSPS) is 10.2. The number of phenolic OH excluding ortho intramolecular Hbond substituents is 1. The van der Waals surface area contributed by atoms with Crippen molar-refractivity contribution in [2.24, 2.45) is 0 Å². The fourth-order valence-electron chi connectivity index (χ4n) is 2.03. The summed E-state index contributed by atoms with van der Waals surface area (Å²) in [5.74, 6) is -1.60. The molecule has 0 aliphatic heterocycles. The van der Waals surface area contributed by atoms with Crippen LogP contribution in [0.4, 0.5) is 0 Å². The lowest BCUT2D eigenvalue weighted by Crippen LogP contribution is -2.11. The first-order valence-electron chi connectivity index (χ1n) is 6.25. The van der Waals surface area contributed by atoms with Gasteiger partial charge in [0, 0.05) is 0 Å². The Kier molecular flexibility index (Phi) is 3.93. The van der Waals surface area contributed by atoms with Crippen LogP contribution in [0.25, 0.3) is 0 Å². The van der Waals surface area contributed by atoms with Crippen LogP contribution in [0, 0.1) is 13.8 Å². The minimum atomic E-state index is -1.04. The quantitative estimate of drug-likeness (QED) is 0.669. The van der Waals surface area contributed by atoms with Crippen LogP contribution in [0.15, 0.2) is 36.4 Å². The van der Waals surface area contributed by atoms with Gasteiger partial charge in [-0.15, -0.1) is 0 Å². The summed E-state index contributed by atoms with van der Waals surface area (Å²) in [4.78, 5) is 23.0. The van der Waals surface area contributed by atoms with Crippen LogP contribution >= 0.6 is 0 Å². The van der Waals surface area contributed by atoms with Crippen LogP contribution in [-0.2, 0) is 0 Å². The van der Waals surface area contributed by atoms with Crippen molar-refractivity contribution in [3.63, 3.8) is 0 Å². The molecule has 0 aliphatic carbocycles. The Balaban J connectivity index is 2.34. The van der Waals surface area contributed by atoms with E-state index in [-0.39, 0.29) is 16.9 Å². The maximum atomic E-state index is 12.1. The van der Waals surface area contributed by atoms with E-state index in [0.717, 1.165) is 0 Å². The number of aryl methyl sites for hydroxylation is 2. The van der Waals surface area contributed by atoms with Crippen molar-refractivity contribution in [1.29, 1.82) is 0 Å². The highest BCUT2D eigenvalue weighted by atomic mass is 16.5. The fourth-order valence-corrected chi connectivity index (χ4v) is 2.03. The Morgan fingerprint density at radius 3 is 2.14 bits per heavy atom. The number of hydrogen-bond donors (Lipinski definition) is 2. The molecule has 0 unspecified atom stereocenters. The highest BCUT2D eigenvalue weighted by molar-refractivity contribution is 5.94. The van der Waals surface area contributed by atoms with Gasteiger partial charge < -0.3 is 14.9 Å². The van der Waals surface area contributed by atoms with Crippen molar-refractivity contribution in [3.05, 3.63) is 58.7 Å². The second-order valence-electron chi connectivity index (χ2n) is 4.65. The van der Waals surface area contributed by atoms with E-state index in [1.165, 1.54) is 24.3 Å². The third-order valence-corrected chi connectivity index (χ3v) is 3.03. The molecule has 2 rings (SSSR count). The molecule has 0 heterocycles. The van der Waals surface area contributed by atoms with Crippen molar-refractivity contribution in [3.8, 4) is 11.5 Å². The molecule has 2 aromatic carbocycles. The molecule has 0 aromatic heterocycles. The zero-order chi connectivity index (χ0) is 15.6. The minimum absolute atomic E-state index is 0.0543. The summed E-state index contributed by atoms with van der Waals surface area (Å²) in [5.41, 5.74) is 1.26. The average Bonchev–Trinajstić information content (AvgIpc) is 2.42. The minimum Gasteiger partial charge on any atom is -0.507 e. The van der Waals surface area contributed by atoms with Gasteiger partial charge in [-0.2, -0.15) is 0 Å². The molecule has 5 heteroatoms. The number of aromatic carboxylic acids is 1. The molecule has 0 atom stereocenters. The third-order valence-electron chi connectivity index (χ3n) is 3.03. The molecule has 2 N–H and O–H groups in total. The number of aromatic hydroxyl groups is 1. The monoisotopic (exact) mass is 286 g/mol. The van der Waals surface area contributed by atoms with E-state index in [0.29, 0.717) is 16.9 Å².